The number of nitrogens with zero attached hydrogens (tertiary/aromatic N) is 4. The number of H-pyrrole nitrogens is 1. The largest absolute Gasteiger partial charge is 0.497 e. The van der Waals surface area contributed by atoms with E-state index in [1.54, 1.807) is 18.7 Å². The third-order valence-electron chi connectivity index (χ3n) is 4.28. The molecule has 128 valence electrons. The number of benzene rings is 1. The molecule has 2 heterocycles. The van der Waals surface area contributed by atoms with Crippen molar-refractivity contribution in [2.24, 2.45) is 0 Å². The highest BCUT2D eigenvalue weighted by atomic mass is 16.5. The first-order valence-corrected chi connectivity index (χ1v) is 8.09. The molecule has 1 fully saturated rings. The summed E-state index contributed by atoms with van der Waals surface area (Å²) in [5, 5.41) is 18.0. The first-order chi connectivity index (χ1) is 12.2. The molecule has 2 N–H and O–H groups in total. The van der Waals surface area contributed by atoms with Crippen molar-refractivity contribution in [2.45, 2.75) is 25.7 Å². The summed E-state index contributed by atoms with van der Waals surface area (Å²) in [6.07, 6.45) is 2.34. The van der Waals surface area contributed by atoms with Crippen LogP contribution in [0.4, 0.5) is 5.82 Å². The van der Waals surface area contributed by atoms with Crippen molar-refractivity contribution in [3.05, 3.63) is 47.4 Å². The smallest absolute Gasteiger partial charge is 0.279 e. The van der Waals surface area contributed by atoms with Gasteiger partial charge in [-0.15, -0.1) is 5.10 Å². The van der Waals surface area contributed by atoms with Crippen LogP contribution in [0.3, 0.4) is 0 Å². The summed E-state index contributed by atoms with van der Waals surface area (Å²) in [4.78, 5) is 12.5. The molecule has 0 spiro atoms. The minimum absolute atomic E-state index is 0.270. The van der Waals surface area contributed by atoms with Crippen LogP contribution in [-0.2, 0) is 0 Å². The topological polar surface area (TPSA) is 97.7 Å². The van der Waals surface area contributed by atoms with Crippen LogP contribution in [0.25, 0.3) is 5.69 Å². The van der Waals surface area contributed by atoms with Crippen LogP contribution in [-0.4, -0.2) is 38.2 Å². The molecule has 8 nitrogen and oxygen atoms in total. The summed E-state index contributed by atoms with van der Waals surface area (Å²) >= 11 is 0. The van der Waals surface area contributed by atoms with Gasteiger partial charge in [-0.1, -0.05) is 5.21 Å². The number of nitrogens with one attached hydrogen (secondary N) is 2. The van der Waals surface area contributed by atoms with E-state index in [9.17, 15) is 4.79 Å². The quantitative estimate of drug-likeness (QED) is 0.744. The Bertz CT molecular complexity index is 908. The second kappa shape index (κ2) is 6.04. The molecule has 0 radical (unpaired) electrons. The van der Waals surface area contributed by atoms with E-state index in [-0.39, 0.29) is 11.6 Å². The number of carbonyl (C=O) groups excluding carboxylic acids is 1. The van der Waals surface area contributed by atoms with Crippen molar-refractivity contribution in [3.8, 4) is 11.4 Å². The Morgan fingerprint density at radius 1 is 1.32 bits per heavy atom. The van der Waals surface area contributed by atoms with Crippen LogP contribution in [0.15, 0.2) is 30.3 Å². The number of hydrogen-bond donors (Lipinski definition) is 2. The van der Waals surface area contributed by atoms with Gasteiger partial charge in [-0.05, 0) is 44.0 Å². The van der Waals surface area contributed by atoms with E-state index in [1.807, 2.05) is 30.3 Å². The number of aromatic nitrogens is 5. The number of hydrogen-bond acceptors (Lipinski definition) is 5. The minimum atomic E-state index is -0.328. The van der Waals surface area contributed by atoms with Crippen LogP contribution in [0.2, 0.25) is 0 Å². The normalized spacial score (nSPS) is 13.7. The molecule has 3 aromatic rings. The van der Waals surface area contributed by atoms with E-state index in [4.69, 9.17) is 4.74 Å². The molecule has 0 atom stereocenters. The van der Waals surface area contributed by atoms with Crippen LogP contribution in [0.1, 0.15) is 40.6 Å². The number of rotatable bonds is 5. The van der Waals surface area contributed by atoms with Crippen molar-refractivity contribution < 1.29 is 9.53 Å². The number of carbonyl (C=O) groups is 1. The molecule has 0 unspecified atom stereocenters. The highest BCUT2D eigenvalue weighted by Crippen LogP contribution is 2.39. The molecular weight excluding hydrogens is 320 g/mol. The van der Waals surface area contributed by atoms with E-state index in [0.29, 0.717) is 17.4 Å². The lowest BCUT2D eigenvalue weighted by molar-refractivity contribution is 0.102. The van der Waals surface area contributed by atoms with Gasteiger partial charge in [0.2, 0.25) is 0 Å². The van der Waals surface area contributed by atoms with Gasteiger partial charge in [0.05, 0.1) is 18.5 Å². The number of methoxy groups -OCH3 is 1. The van der Waals surface area contributed by atoms with Crippen LogP contribution in [0.5, 0.6) is 5.75 Å². The number of ether oxygens (including phenoxy) is 1. The summed E-state index contributed by atoms with van der Waals surface area (Å²) < 4.78 is 6.77. The molecule has 2 aromatic heterocycles. The molecule has 25 heavy (non-hydrogen) atoms. The Kier molecular flexibility index (Phi) is 3.72. The van der Waals surface area contributed by atoms with Gasteiger partial charge in [0.15, 0.2) is 11.5 Å². The summed E-state index contributed by atoms with van der Waals surface area (Å²) in [6, 6.07) is 9.26. The monoisotopic (exact) mass is 338 g/mol. The van der Waals surface area contributed by atoms with Gasteiger partial charge in [0.1, 0.15) is 5.75 Å². The van der Waals surface area contributed by atoms with E-state index in [0.717, 1.165) is 17.1 Å². The van der Waals surface area contributed by atoms with Crippen molar-refractivity contribution in [2.75, 3.05) is 12.4 Å². The Balaban J connectivity index is 1.53. The zero-order valence-corrected chi connectivity index (χ0v) is 14.0. The highest BCUT2D eigenvalue weighted by molar-refractivity contribution is 6.03. The van der Waals surface area contributed by atoms with Gasteiger partial charge in [-0.2, -0.15) is 5.10 Å². The van der Waals surface area contributed by atoms with E-state index < -0.39 is 0 Å². The fourth-order valence-corrected chi connectivity index (χ4v) is 2.69. The predicted molar refractivity (Wildman–Crippen MR) is 91.2 cm³/mol. The van der Waals surface area contributed by atoms with Gasteiger partial charge in [-0.3, -0.25) is 9.89 Å². The summed E-state index contributed by atoms with van der Waals surface area (Å²) in [5.41, 5.74) is 2.79. The van der Waals surface area contributed by atoms with E-state index >= 15 is 0 Å². The fourth-order valence-electron chi connectivity index (χ4n) is 2.69. The number of anilines is 1. The summed E-state index contributed by atoms with van der Waals surface area (Å²) in [7, 11) is 1.61. The maximum absolute atomic E-state index is 12.5. The molecule has 1 saturated carbocycles. The second-order valence-electron chi connectivity index (χ2n) is 6.07. The molecule has 0 aliphatic heterocycles. The van der Waals surface area contributed by atoms with Crippen molar-refractivity contribution in [3.63, 3.8) is 0 Å². The molecule has 1 aliphatic carbocycles. The Labute approximate surface area is 144 Å². The predicted octanol–water partition coefficient (Wildman–Crippen LogP) is 2.44. The van der Waals surface area contributed by atoms with Gasteiger partial charge in [-0.25, -0.2) is 4.68 Å². The molecule has 0 saturated heterocycles. The standard InChI is InChI=1S/C17H18N6O2/c1-10-16(17(24)18-15-9-14(19-20-15)11-3-4-11)21-22-23(10)12-5-7-13(25-2)8-6-12/h5-9,11H,3-4H2,1-2H3,(H2,18,19,20,24). The number of amides is 1. The van der Waals surface area contributed by atoms with Crippen molar-refractivity contribution in [1.82, 2.24) is 25.2 Å². The third-order valence-corrected chi connectivity index (χ3v) is 4.28. The molecule has 1 amide bonds. The maximum Gasteiger partial charge on any atom is 0.279 e. The molecule has 1 aliphatic rings. The number of aromatic amines is 1. The fraction of sp³-hybridized carbons (Fsp3) is 0.294. The maximum atomic E-state index is 12.5. The van der Waals surface area contributed by atoms with Gasteiger partial charge >= 0.3 is 0 Å². The van der Waals surface area contributed by atoms with Gasteiger partial charge < -0.3 is 10.1 Å². The molecule has 8 heteroatoms. The summed E-state index contributed by atoms with van der Waals surface area (Å²) in [6.45, 7) is 1.80. The first-order valence-electron chi connectivity index (χ1n) is 8.09. The Hall–Kier alpha value is -3.16. The summed E-state index contributed by atoms with van der Waals surface area (Å²) in [5.74, 6) is 1.48. The lowest BCUT2D eigenvalue weighted by atomic mass is 10.2. The second-order valence-corrected chi connectivity index (χ2v) is 6.07. The lowest BCUT2D eigenvalue weighted by Crippen LogP contribution is -2.14. The Morgan fingerprint density at radius 2 is 2.08 bits per heavy atom. The van der Waals surface area contributed by atoms with Gasteiger partial charge in [0, 0.05) is 17.7 Å². The van der Waals surface area contributed by atoms with Crippen molar-refractivity contribution >= 4 is 11.7 Å². The first kappa shape index (κ1) is 15.4. The highest BCUT2D eigenvalue weighted by Gasteiger charge is 2.26. The van der Waals surface area contributed by atoms with E-state index in [1.165, 1.54) is 12.8 Å². The third kappa shape index (κ3) is 2.98. The lowest BCUT2D eigenvalue weighted by Gasteiger charge is -2.05. The molecular formula is C17H18N6O2. The average molecular weight is 338 g/mol. The molecule has 1 aromatic carbocycles. The Morgan fingerprint density at radius 3 is 2.76 bits per heavy atom. The SMILES string of the molecule is COc1ccc(-n2nnc(C(=O)Nc3cc(C4CC4)[nH]n3)c2C)cc1. The zero-order chi connectivity index (χ0) is 17.4. The average Bonchev–Trinajstić information content (AvgIpc) is 3.26. The minimum Gasteiger partial charge on any atom is -0.497 e. The van der Waals surface area contributed by atoms with E-state index in [2.05, 4.69) is 25.8 Å². The molecule has 0 bridgehead atoms. The van der Waals surface area contributed by atoms with Crippen LogP contribution in [0, 0.1) is 6.92 Å². The van der Waals surface area contributed by atoms with Crippen molar-refractivity contribution in [1.29, 1.82) is 0 Å². The van der Waals surface area contributed by atoms with Crippen LogP contribution >= 0.6 is 0 Å². The molecule has 4 rings (SSSR count). The van der Waals surface area contributed by atoms with Gasteiger partial charge in [0.25, 0.3) is 5.91 Å². The van der Waals surface area contributed by atoms with Crippen LogP contribution < -0.4 is 10.1 Å². The zero-order valence-electron chi connectivity index (χ0n) is 14.0.